The largest absolute Gasteiger partial charge is 0.372 e. The van der Waals surface area contributed by atoms with Gasteiger partial charge >= 0.3 is 0 Å². The van der Waals surface area contributed by atoms with Crippen LogP contribution in [0.25, 0.3) is 0 Å². The third-order valence-electron chi connectivity index (χ3n) is 3.97. The summed E-state index contributed by atoms with van der Waals surface area (Å²) < 4.78 is 0. The van der Waals surface area contributed by atoms with E-state index in [9.17, 15) is 4.79 Å². The summed E-state index contributed by atoms with van der Waals surface area (Å²) in [4.78, 5) is 14.0. The van der Waals surface area contributed by atoms with E-state index in [1.807, 2.05) is 0 Å². The van der Waals surface area contributed by atoms with Crippen molar-refractivity contribution < 1.29 is 4.79 Å². The quantitative estimate of drug-likeness (QED) is 0.776. The van der Waals surface area contributed by atoms with Gasteiger partial charge in [-0.15, -0.1) is 0 Å². The molecule has 17 heavy (non-hydrogen) atoms. The van der Waals surface area contributed by atoms with Crippen molar-refractivity contribution in [2.75, 3.05) is 18.0 Å². The Balaban J connectivity index is 2.22. The molecular weight excluding hydrogens is 210 g/mol. The van der Waals surface area contributed by atoms with Crippen LogP contribution in [0.3, 0.4) is 0 Å². The Morgan fingerprint density at radius 3 is 2.06 bits per heavy atom. The Morgan fingerprint density at radius 1 is 1.18 bits per heavy atom. The maximum atomic E-state index is 11.6. The van der Waals surface area contributed by atoms with E-state index < -0.39 is 0 Å². The number of carbonyl (C=O) groups excluding carboxylic acids is 1. The highest BCUT2D eigenvalue weighted by Gasteiger charge is 2.48. The molecule has 0 amide bonds. The van der Waals surface area contributed by atoms with E-state index >= 15 is 0 Å². The summed E-state index contributed by atoms with van der Waals surface area (Å²) >= 11 is 0. The molecule has 0 aromatic heterocycles. The molecule has 1 aliphatic carbocycles. The highest BCUT2D eigenvalue weighted by atomic mass is 16.1. The van der Waals surface area contributed by atoms with E-state index in [-0.39, 0.29) is 5.41 Å². The number of benzene rings is 1. The number of rotatable bonds is 5. The second-order valence-electron chi connectivity index (χ2n) is 4.86. The van der Waals surface area contributed by atoms with Crippen LogP contribution >= 0.6 is 0 Å². The van der Waals surface area contributed by atoms with Gasteiger partial charge in [-0.2, -0.15) is 0 Å². The molecule has 0 heterocycles. The number of hydrogen-bond acceptors (Lipinski definition) is 2. The minimum atomic E-state index is -0.137. The monoisotopic (exact) mass is 231 g/mol. The molecule has 1 aliphatic rings. The lowest BCUT2D eigenvalue weighted by atomic mass is 9.92. The second kappa shape index (κ2) is 4.52. The minimum Gasteiger partial charge on any atom is -0.372 e. The van der Waals surface area contributed by atoms with Gasteiger partial charge in [-0.3, -0.25) is 4.79 Å². The highest BCUT2D eigenvalue weighted by Crippen LogP contribution is 2.49. The highest BCUT2D eigenvalue weighted by molar-refractivity contribution is 5.91. The summed E-state index contributed by atoms with van der Waals surface area (Å²) in [5.41, 5.74) is 2.31. The third kappa shape index (κ3) is 2.08. The molecule has 1 aromatic carbocycles. The Morgan fingerprint density at radius 2 is 1.71 bits per heavy atom. The van der Waals surface area contributed by atoms with E-state index in [0.717, 1.165) is 25.9 Å². The van der Waals surface area contributed by atoms with Gasteiger partial charge in [-0.1, -0.05) is 12.1 Å². The summed E-state index contributed by atoms with van der Waals surface area (Å²) in [6, 6.07) is 8.54. The average Bonchev–Trinajstić information content (AvgIpc) is 3.13. The summed E-state index contributed by atoms with van der Waals surface area (Å²) in [5, 5.41) is 0. The Hall–Kier alpha value is -1.31. The first-order valence-corrected chi connectivity index (χ1v) is 6.50. The van der Waals surface area contributed by atoms with Crippen molar-refractivity contribution in [3.63, 3.8) is 0 Å². The van der Waals surface area contributed by atoms with Crippen molar-refractivity contribution in [3.8, 4) is 0 Å². The van der Waals surface area contributed by atoms with E-state index in [4.69, 9.17) is 0 Å². The van der Waals surface area contributed by atoms with Gasteiger partial charge in [-0.05, 0) is 51.3 Å². The molecule has 0 radical (unpaired) electrons. The molecule has 0 saturated heterocycles. The van der Waals surface area contributed by atoms with Gasteiger partial charge < -0.3 is 4.90 Å². The van der Waals surface area contributed by atoms with Crippen LogP contribution in [0, 0.1) is 0 Å². The van der Waals surface area contributed by atoms with E-state index in [1.165, 1.54) is 11.3 Å². The summed E-state index contributed by atoms with van der Waals surface area (Å²) in [5.74, 6) is 0.313. The van der Waals surface area contributed by atoms with Crippen molar-refractivity contribution in [1.82, 2.24) is 0 Å². The lowest BCUT2D eigenvalue weighted by Crippen LogP contribution is -2.22. The lowest BCUT2D eigenvalue weighted by Gasteiger charge is -2.22. The molecule has 0 unspecified atom stereocenters. The van der Waals surface area contributed by atoms with Gasteiger partial charge in [0, 0.05) is 18.8 Å². The first-order valence-electron chi connectivity index (χ1n) is 6.50. The summed E-state index contributed by atoms with van der Waals surface area (Å²) in [6.07, 6.45) is 2.04. The van der Waals surface area contributed by atoms with E-state index in [2.05, 4.69) is 43.0 Å². The van der Waals surface area contributed by atoms with Gasteiger partial charge in [-0.25, -0.2) is 0 Å². The van der Waals surface area contributed by atoms with Crippen LogP contribution in [0.5, 0.6) is 0 Å². The Bertz CT molecular complexity index is 399. The first kappa shape index (κ1) is 12.2. The van der Waals surface area contributed by atoms with Crippen LogP contribution in [0.15, 0.2) is 24.3 Å². The summed E-state index contributed by atoms with van der Waals surface area (Å²) in [7, 11) is 0. The van der Waals surface area contributed by atoms with Crippen LogP contribution in [0.2, 0.25) is 0 Å². The zero-order valence-electron chi connectivity index (χ0n) is 11.0. The number of hydrogen-bond donors (Lipinski definition) is 0. The second-order valence-corrected chi connectivity index (χ2v) is 4.86. The van der Waals surface area contributed by atoms with Gasteiger partial charge in [0.25, 0.3) is 0 Å². The van der Waals surface area contributed by atoms with Gasteiger partial charge in [0.15, 0.2) is 0 Å². The normalized spacial score (nSPS) is 16.6. The standard InChI is InChI=1S/C15H21NO/c1-4-16(5-2)14-8-6-13(7-9-14)15(10-11-15)12(3)17/h6-9H,4-5,10-11H2,1-3H3. The fourth-order valence-electron chi connectivity index (χ4n) is 2.55. The molecule has 0 atom stereocenters. The van der Waals surface area contributed by atoms with Crippen LogP contribution in [0.1, 0.15) is 39.2 Å². The Kier molecular flexibility index (Phi) is 3.23. The third-order valence-corrected chi connectivity index (χ3v) is 3.97. The molecule has 0 N–H and O–H groups in total. The predicted molar refractivity (Wildman–Crippen MR) is 71.6 cm³/mol. The van der Waals surface area contributed by atoms with Crippen molar-refractivity contribution >= 4 is 11.5 Å². The molecule has 2 rings (SSSR count). The molecule has 2 heteroatoms. The maximum absolute atomic E-state index is 11.6. The van der Waals surface area contributed by atoms with Crippen LogP contribution in [0.4, 0.5) is 5.69 Å². The molecule has 0 bridgehead atoms. The number of carbonyl (C=O) groups is 1. The van der Waals surface area contributed by atoms with E-state index in [1.54, 1.807) is 6.92 Å². The van der Waals surface area contributed by atoms with Crippen LogP contribution in [-0.2, 0) is 10.2 Å². The van der Waals surface area contributed by atoms with Gasteiger partial charge in [0.2, 0.25) is 0 Å². The molecule has 0 spiro atoms. The molecular formula is C15H21NO. The number of nitrogens with zero attached hydrogens (tertiary/aromatic N) is 1. The molecule has 1 saturated carbocycles. The van der Waals surface area contributed by atoms with Crippen molar-refractivity contribution in [2.45, 2.75) is 39.0 Å². The summed E-state index contributed by atoms with van der Waals surface area (Å²) in [6.45, 7) is 8.08. The smallest absolute Gasteiger partial charge is 0.140 e. The molecule has 92 valence electrons. The number of ketones is 1. The van der Waals surface area contributed by atoms with Crippen molar-refractivity contribution in [2.24, 2.45) is 0 Å². The lowest BCUT2D eigenvalue weighted by molar-refractivity contribution is -0.119. The number of Topliss-reactive ketones (excluding diaryl/α,β-unsaturated/α-hetero) is 1. The average molecular weight is 231 g/mol. The zero-order valence-corrected chi connectivity index (χ0v) is 11.0. The molecule has 1 aromatic rings. The molecule has 2 nitrogen and oxygen atoms in total. The van der Waals surface area contributed by atoms with Crippen molar-refractivity contribution in [1.29, 1.82) is 0 Å². The minimum absolute atomic E-state index is 0.137. The zero-order chi connectivity index (χ0) is 12.5. The fraction of sp³-hybridized carbons (Fsp3) is 0.533. The van der Waals surface area contributed by atoms with Crippen molar-refractivity contribution in [3.05, 3.63) is 29.8 Å². The topological polar surface area (TPSA) is 20.3 Å². The molecule has 1 fully saturated rings. The van der Waals surface area contributed by atoms with E-state index in [0.29, 0.717) is 5.78 Å². The predicted octanol–water partition coefficient (Wildman–Crippen LogP) is 3.15. The first-order chi connectivity index (χ1) is 8.14. The van der Waals surface area contributed by atoms with Gasteiger partial charge in [0.1, 0.15) is 5.78 Å². The fourth-order valence-corrected chi connectivity index (χ4v) is 2.55. The number of anilines is 1. The SMILES string of the molecule is CCN(CC)c1ccc(C2(C(C)=O)CC2)cc1. The maximum Gasteiger partial charge on any atom is 0.140 e. The molecule has 0 aliphatic heterocycles. The van der Waals surface area contributed by atoms with Crippen LogP contribution < -0.4 is 4.90 Å². The Labute approximate surface area is 104 Å². The van der Waals surface area contributed by atoms with Gasteiger partial charge in [0.05, 0.1) is 5.41 Å². The van der Waals surface area contributed by atoms with Crippen LogP contribution in [-0.4, -0.2) is 18.9 Å².